The van der Waals surface area contributed by atoms with Crippen molar-refractivity contribution in [1.82, 2.24) is 29.1 Å². The van der Waals surface area contributed by atoms with Gasteiger partial charge in [-0.05, 0) is 55.5 Å². The normalized spacial score (nSPS) is 15.5. The smallest absolute Gasteiger partial charge is 0.339 e. The number of rotatable bonds is 9. The minimum atomic E-state index is -0.591. The van der Waals surface area contributed by atoms with Crippen molar-refractivity contribution in [2.24, 2.45) is 0 Å². The first-order valence-electron chi connectivity index (χ1n) is 15.5. The average molecular weight is 616 g/mol. The molecule has 0 aliphatic carbocycles. The molecule has 11 heteroatoms. The lowest BCUT2D eigenvalue weighted by molar-refractivity contribution is -0.0298. The molecule has 1 aliphatic rings. The summed E-state index contributed by atoms with van der Waals surface area (Å²) in [5.41, 5.74) is 2.94. The predicted molar refractivity (Wildman–Crippen MR) is 174 cm³/mol. The standard InChI is InChI=1S/C35H33N7O4/c1-2-26(39-31-30-33(37-21-36-31)41(22-38-30)28-18-9-10-19-45-28)32-40-27-17-11-16-25(35(44)46-20-23-12-5-3-6-13-23)29(27)34(43)42(32)24-14-7-4-8-15-24/h3-8,11-17,21-22,26,28H,2,9-10,18-20H2,1H3,(H,36,37,39)/t26-,28?/m0/s1. The summed E-state index contributed by atoms with van der Waals surface area (Å²) in [5.74, 6) is 0.410. The highest BCUT2D eigenvalue weighted by molar-refractivity contribution is 6.03. The number of para-hydroxylation sites is 1. The highest BCUT2D eigenvalue weighted by atomic mass is 16.5. The van der Waals surface area contributed by atoms with Crippen LogP contribution < -0.4 is 10.9 Å². The molecule has 46 heavy (non-hydrogen) atoms. The van der Waals surface area contributed by atoms with Gasteiger partial charge in [0, 0.05) is 6.61 Å². The van der Waals surface area contributed by atoms with E-state index in [0.29, 0.717) is 47.0 Å². The van der Waals surface area contributed by atoms with E-state index in [9.17, 15) is 9.59 Å². The molecule has 1 unspecified atom stereocenters. The average Bonchev–Trinajstić information content (AvgIpc) is 3.55. The largest absolute Gasteiger partial charge is 0.457 e. The van der Waals surface area contributed by atoms with E-state index in [4.69, 9.17) is 14.5 Å². The highest BCUT2D eigenvalue weighted by Gasteiger charge is 2.26. The zero-order chi connectivity index (χ0) is 31.5. The van der Waals surface area contributed by atoms with Crippen LogP contribution in [0.3, 0.4) is 0 Å². The first-order chi connectivity index (χ1) is 22.6. The summed E-state index contributed by atoms with van der Waals surface area (Å²) in [6.45, 7) is 2.80. The molecule has 232 valence electrons. The van der Waals surface area contributed by atoms with Gasteiger partial charge in [-0.2, -0.15) is 0 Å². The lowest BCUT2D eigenvalue weighted by Gasteiger charge is -2.24. The Kier molecular flexibility index (Phi) is 8.22. The van der Waals surface area contributed by atoms with Gasteiger partial charge in [0.15, 0.2) is 17.0 Å². The van der Waals surface area contributed by atoms with E-state index in [-0.39, 0.29) is 29.3 Å². The van der Waals surface area contributed by atoms with Gasteiger partial charge < -0.3 is 14.8 Å². The van der Waals surface area contributed by atoms with E-state index in [1.54, 1.807) is 29.1 Å². The molecule has 4 heterocycles. The van der Waals surface area contributed by atoms with Crippen LogP contribution in [-0.2, 0) is 16.1 Å². The fourth-order valence-electron chi connectivity index (χ4n) is 5.90. The molecule has 1 aliphatic heterocycles. The highest BCUT2D eigenvalue weighted by Crippen LogP contribution is 2.30. The van der Waals surface area contributed by atoms with Gasteiger partial charge in [-0.3, -0.25) is 13.9 Å². The van der Waals surface area contributed by atoms with Gasteiger partial charge in [0.25, 0.3) is 5.56 Å². The van der Waals surface area contributed by atoms with Crippen molar-refractivity contribution in [3.63, 3.8) is 0 Å². The summed E-state index contributed by atoms with van der Waals surface area (Å²) in [5, 5.41) is 3.69. The molecule has 1 N–H and O–H groups in total. The van der Waals surface area contributed by atoms with E-state index in [0.717, 1.165) is 24.8 Å². The molecular formula is C35H33N7O4. The third kappa shape index (κ3) is 5.61. The lowest BCUT2D eigenvalue weighted by atomic mass is 10.1. The molecule has 3 aromatic carbocycles. The molecule has 7 rings (SSSR count). The fourth-order valence-corrected chi connectivity index (χ4v) is 5.90. The third-order valence-corrected chi connectivity index (χ3v) is 8.23. The number of imidazole rings is 1. The Labute approximate surface area is 264 Å². The summed E-state index contributed by atoms with van der Waals surface area (Å²) < 4.78 is 15.1. The quantitative estimate of drug-likeness (QED) is 0.191. The number of anilines is 1. The summed E-state index contributed by atoms with van der Waals surface area (Å²) in [6.07, 6.45) is 6.71. The molecule has 2 atom stereocenters. The van der Waals surface area contributed by atoms with Crippen molar-refractivity contribution >= 4 is 33.9 Å². The van der Waals surface area contributed by atoms with E-state index < -0.39 is 12.0 Å². The summed E-state index contributed by atoms with van der Waals surface area (Å²) >= 11 is 0. The van der Waals surface area contributed by atoms with Gasteiger partial charge >= 0.3 is 5.97 Å². The number of benzene rings is 3. The van der Waals surface area contributed by atoms with Crippen molar-refractivity contribution < 1.29 is 14.3 Å². The maximum absolute atomic E-state index is 14.4. The monoisotopic (exact) mass is 615 g/mol. The number of aromatic nitrogens is 6. The third-order valence-electron chi connectivity index (χ3n) is 8.23. The van der Waals surface area contributed by atoms with Crippen LogP contribution in [0.15, 0.2) is 96.3 Å². The van der Waals surface area contributed by atoms with Gasteiger partial charge in [0.1, 0.15) is 25.0 Å². The number of nitrogens with zero attached hydrogens (tertiary/aromatic N) is 6. The van der Waals surface area contributed by atoms with Gasteiger partial charge in [-0.15, -0.1) is 0 Å². The number of carbonyl (C=O) groups excluding carboxylic acids is 1. The summed E-state index contributed by atoms with van der Waals surface area (Å²) in [4.78, 5) is 46.5. The van der Waals surface area contributed by atoms with Crippen LogP contribution in [0, 0.1) is 0 Å². The molecule has 1 fully saturated rings. The number of esters is 1. The summed E-state index contributed by atoms with van der Waals surface area (Å²) in [6, 6.07) is 23.3. The molecule has 0 spiro atoms. The van der Waals surface area contributed by atoms with Crippen LogP contribution in [0.4, 0.5) is 5.82 Å². The molecule has 0 saturated carbocycles. The molecule has 0 radical (unpaired) electrons. The zero-order valence-electron chi connectivity index (χ0n) is 25.4. The Morgan fingerprint density at radius 1 is 1.00 bits per heavy atom. The van der Waals surface area contributed by atoms with Gasteiger partial charge in [0.05, 0.1) is 34.5 Å². The SMILES string of the molecule is CC[C@H](Nc1ncnc2c1ncn2C1CCCCO1)c1nc2cccc(C(=O)OCc3ccccc3)c2c(=O)n1-c1ccccc1. The van der Waals surface area contributed by atoms with Gasteiger partial charge in [-0.25, -0.2) is 24.7 Å². The maximum atomic E-state index is 14.4. The van der Waals surface area contributed by atoms with Crippen LogP contribution in [0.1, 0.15) is 66.6 Å². The zero-order valence-corrected chi connectivity index (χ0v) is 25.4. The molecule has 0 amide bonds. The molecule has 6 aromatic rings. The number of ether oxygens (including phenoxy) is 2. The Balaban J connectivity index is 1.30. The Hall–Kier alpha value is -5.42. The second-order valence-corrected chi connectivity index (χ2v) is 11.2. The lowest BCUT2D eigenvalue weighted by Crippen LogP contribution is -2.29. The Morgan fingerprint density at radius 3 is 2.57 bits per heavy atom. The fraction of sp³-hybridized carbons (Fsp3) is 0.257. The van der Waals surface area contributed by atoms with Gasteiger partial charge in [-0.1, -0.05) is 61.5 Å². The molecule has 1 saturated heterocycles. The number of carbonyl (C=O) groups is 1. The van der Waals surface area contributed by atoms with Crippen molar-refractivity contribution in [1.29, 1.82) is 0 Å². The second-order valence-electron chi connectivity index (χ2n) is 11.2. The van der Waals surface area contributed by atoms with E-state index in [2.05, 4.69) is 20.3 Å². The van der Waals surface area contributed by atoms with Crippen LogP contribution in [-0.4, -0.2) is 41.6 Å². The second kappa shape index (κ2) is 12.9. The van der Waals surface area contributed by atoms with E-state index in [1.165, 1.54) is 6.33 Å². The van der Waals surface area contributed by atoms with Crippen molar-refractivity contribution in [3.05, 3.63) is 119 Å². The number of hydrogen-bond acceptors (Lipinski definition) is 9. The topological polar surface area (TPSA) is 126 Å². The summed E-state index contributed by atoms with van der Waals surface area (Å²) in [7, 11) is 0. The molecular weight excluding hydrogens is 582 g/mol. The number of hydrogen-bond donors (Lipinski definition) is 1. The predicted octanol–water partition coefficient (Wildman–Crippen LogP) is 6.14. The minimum Gasteiger partial charge on any atom is -0.457 e. The maximum Gasteiger partial charge on any atom is 0.339 e. The van der Waals surface area contributed by atoms with Crippen molar-refractivity contribution in [3.8, 4) is 5.69 Å². The van der Waals surface area contributed by atoms with Gasteiger partial charge in [0.2, 0.25) is 0 Å². The van der Waals surface area contributed by atoms with Crippen molar-refractivity contribution in [2.75, 3.05) is 11.9 Å². The van der Waals surface area contributed by atoms with Crippen LogP contribution >= 0.6 is 0 Å². The first kappa shape index (κ1) is 29.3. The van der Waals surface area contributed by atoms with Crippen LogP contribution in [0.2, 0.25) is 0 Å². The van der Waals surface area contributed by atoms with Crippen LogP contribution in [0.5, 0.6) is 0 Å². The Morgan fingerprint density at radius 2 is 1.80 bits per heavy atom. The van der Waals surface area contributed by atoms with Crippen molar-refractivity contribution in [2.45, 2.75) is 51.5 Å². The molecule has 11 nitrogen and oxygen atoms in total. The molecule has 0 bridgehead atoms. The number of nitrogens with one attached hydrogen (secondary N) is 1. The first-order valence-corrected chi connectivity index (χ1v) is 15.5. The van der Waals surface area contributed by atoms with E-state index in [1.807, 2.05) is 72.2 Å². The minimum absolute atomic E-state index is 0.0896. The number of fused-ring (bicyclic) bond motifs is 2. The van der Waals surface area contributed by atoms with E-state index >= 15 is 0 Å². The van der Waals surface area contributed by atoms with Crippen LogP contribution in [0.25, 0.3) is 27.8 Å². The Bertz CT molecular complexity index is 2050. The molecule has 3 aromatic heterocycles.